The first-order valence-electron chi connectivity index (χ1n) is 7.38. The fourth-order valence-corrected chi connectivity index (χ4v) is 4.12. The van der Waals surface area contributed by atoms with Crippen LogP contribution in [0.2, 0.25) is 0 Å². The van der Waals surface area contributed by atoms with Crippen LogP contribution in [0.5, 0.6) is 0 Å². The van der Waals surface area contributed by atoms with Gasteiger partial charge in [0.2, 0.25) is 10.0 Å². The molecule has 0 aromatic heterocycles. The second kappa shape index (κ2) is 5.84. The standard InChI is InChI=1S/C15H21NO3S/c17-20(18,16-9-8-14-5-2-10-19-14)15-7-6-12-3-1-4-13(12)11-15/h6-7,11,14,16H,1-5,8-10H2/t14-/m0/s1. The maximum absolute atomic E-state index is 12.3. The predicted octanol–water partition coefficient (Wildman–Crippen LogP) is 2.02. The number of fused-ring (bicyclic) bond motifs is 1. The van der Waals surface area contributed by atoms with E-state index in [1.165, 1.54) is 11.1 Å². The van der Waals surface area contributed by atoms with E-state index in [0.29, 0.717) is 11.4 Å². The van der Waals surface area contributed by atoms with Gasteiger partial charge in [0.25, 0.3) is 0 Å². The largest absolute Gasteiger partial charge is 0.378 e. The molecule has 1 aromatic carbocycles. The van der Waals surface area contributed by atoms with E-state index in [2.05, 4.69) is 4.72 Å². The summed E-state index contributed by atoms with van der Waals surface area (Å²) < 4.78 is 32.7. The van der Waals surface area contributed by atoms with Crippen LogP contribution in [0, 0.1) is 0 Å². The van der Waals surface area contributed by atoms with Gasteiger partial charge in [-0.2, -0.15) is 0 Å². The number of sulfonamides is 1. The molecule has 110 valence electrons. The van der Waals surface area contributed by atoms with Gasteiger partial charge in [0.1, 0.15) is 0 Å². The summed E-state index contributed by atoms with van der Waals surface area (Å²) in [7, 11) is -3.38. The average Bonchev–Trinajstić information content (AvgIpc) is 3.08. The first-order chi connectivity index (χ1) is 9.65. The van der Waals surface area contributed by atoms with E-state index < -0.39 is 10.0 Å². The molecular weight excluding hydrogens is 274 g/mol. The summed E-state index contributed by atoms with van der Waals surface area (Å²) >= 11 is 0. The van der Waals surface area contributed by atoms with E-state index in [1.807, 2.05) is 12.1 Å². The third-order valence-electron chi connectivity index (χ3n) is 4.16. The Morgan fingerprint density at radius 2 is 2.05 bits per heavy atom. The van der Waals surface area contributed by atoms with Crippen LogP contribution in [0.1, 0.15) is 36.8 Å². The normalized spacial score (nSPS) is 22.1. The van der Waals surface area contributed by atoms with Crippen molar-refractivity contribution in [2.75, 3.05) is 13.2 Å². The number of hydrogen-bond donors (Lipinski definition) is 1. The zero-order valence-corrected chi connectivity index (χ0v) is 12.4. The minimum absolute atomic E-state index is 0.220. The topological polar surface area (TPSA) is 55.4 Å². The van der Waals surface area contributed by atoms with Gasteiger partial charge >= 0.3 is 0 Å². The van der Waals surface area contributed by atoms with Crippen molar-refractivity contribution in [2.45, 2.75) is 49.5 Å². The third kappa shape index (κ3) is 3.05. The fourth-order valence-electron chi connectivity index (χ4n) is 3.02. The smallest absolute Gasteiger partial charge is 0.240 e. The van der Waals surface area contributed by atoms with Crippen LogP contribution in [0.15, 0.2) is 23.1 Å². The molecule has 4 nitrogen and oxygen atoms in total. The Kier molecular flexibility index (Phi) is 4.10. The van der Waals surface area contributed by atoms with E-state index in [-0.39, 0.29) is 6.10 Å². The second-order valence-electron chi connectivity index (χ2n) is 5.61. The first kappa shape index (κ1) is 14.0. The molecule has 2 aliphatic rings. The van der Waals surface area contributed by atoms with Crippen molar-refractivity contribution in [1.29, 1.82) is 0 Å². The maximum Gasteiger partial charge on any atom is 0.240 e. The molecule has 1 fully saturated rings. The van der Waals surface area contributed by atoms with Gasteiger partial charge in [0.05, 0.1) is 11.0 Å². The van der Waals surface area contributed by atoms with E-state index in [4.69, 9.17) is 4.74 Å². The van der Waals surface area contributed by atoms with Crippen molar-refractivity contribution < 1.29 is 13.2 Å². The van der Waals surface area contributed by atoms with Crippen LogP contribution in [0.4, 0.5) is 0 Å². The second-order valence-corrected chi connectivity index (χ2v) is 7.37. The van der Waals surface area contributed by atoms with Crippen molar-refractivity contribution in [2.24, 2.45) is 0 Å². The van der Waals surface area contributed by atoms with Crippen LogP contribution in [0.3, 0.4) is 0 Å². The van der Waals surface area contributed by atoms with Crippen LogP contribution >= 0.6 is 0 Å². The lowest BCUT2D eigenvalue weighted by Gasteiger charge is -2.11. The van der Waals surface area contributed by atoms with Gasteiger partial charge < -0.3 is 4.74 Å². The van der Waals surface area contributed by atoms with E-state index in [1.54, 1.807) is 6.07 Å². The van der Waals surface area contributed by atoms with Gasteiger partial charge in [-0.05, 0) is 61.8 Å². The SMILES string of the molecule is O=S(=O)(NCC[C@@H]1CCCO1)c1ccc2c(c1)CCC2. The lowest BCUT2D eigenvalue weighted by Crippen LogP contribution is -2.27. The van der Waals surface area contributed by atoms with Crippen LogP contribution in [0.25, 0.3) is 0 Å². The highest BCUT2D eigenvalue weighted by molar-refractivity contribution is 7.89. The summed E-state index contributed by atoms with van der Waals surface area (Å²) in [6, 6.07) is 5.51. The molecule has 0 radical (unpaired) electrons. The van der Waals surface area contributed by atoms with Gasteiger partial charge in [0.15, 0.2) is 0 Å². The van der Waals surface area contributed by atoms with Crippen molar-refractivity contribution in [3.8, 4) is 0 Å². The van der Waals surface area contributed by atoms with Crippen molar-refractivity contribution in [3.63, 3.8) is 0 Å². The lowest BCUT2D eigenvalue weighted by molar-refractivity contribution is 0.105. The summed E-state index contributed by atoms with van der Waals surface area (Å²) in [6.07, 6.45) is 6.30. The molecule has 0 amide bonds. The number of benzene rings is 1. The fraction of sp³-hybridized carbons (Fsp3) is 0.600. The van der Waals surface area contributed by atoms with Gasteiger partial charge in [0, 0.05) is 13.2 Å². The molecule has 1 saturated heterocycles. The first-order valence-corrected chi connectivity index (χ1v) is 8.86. The molecule has 1 heterocycles. The molecule has 1 aromatic rings. The van der Waals surface area contributed by atoms with E-state index in [9.17, 15) is 8.42 Å². The summed E-state index contributed by atoms with van der Waals surface area (Å²) in [6.45, 7) is 1.26. The van der Waals surface area contributed by atoms with Crippen LogP contribution in [-0.4, -0.2) is 27.7 Å². The van der Waals surface area contributed by atoms with E-state index >= 15 is 0 Å². The minimum atomic E-state index is -3.38. The molecule has 0 spiro atoms. The molecule has 0 saturated carbocycles. The highest BCUT2D eigenvalue weighted by Gasteiger charge is 2.20. The summed E-state index contributed by atoms with van der Waals surface area (Å²) in [4.78, 5) is 0.394. The lowest BCUT2D eigenvalue weighted by atomic mass is 10.1. The van der Waals surface area contributed by atoms with Crippen molar-refractivity contribution >= 4 is 10.0 Å². The monoisotopic (exact) mass is 295 g/mol. The molecule has 1 N–H and O–H groups in total. The molecule has 0 bridgehead atoms. The average molecular weight is 295 g/mol. The van der Waals surface area contributed by atoms with Gasteiger partial charge in [-0.15, -0.1) is 0 Å². The Morgan fingerprint density at radius 1 is 1.20 bits per heavy atom. The van der Waals surface area contributed by atoms with E-state index in [0.717, 1.165) is 45.1 Å². The number of ether oxygens (including phenoxy) is 1. The third-order valence-corrected chi connectivity index (χ3v) is 5.62. The van der Waals surface area contributed by atoms with Gasteiger partial charge in [-0.3, -0.25) is 0 Å². The number of hydrogen-bond acceptors (Lipinski definition) is 3. The molecule has 1 aliphatic heterocycles. The Hall–Kier alpha value is -0.910. The molecule has 3 rings (SSSR count). The predicted molar refractivity (Wildman–Crippen MR) is 77.2 cm³/mol. The molecule has 0 unspecified atom stereocenters. The maximum atomic E-state index is 12.3. The zero-order chi connectivity index (χ0) is 14.0. The Morgan fingerprint density at radius 3 is 2.85 bits per heavy atom. The molecule has 20 heavy (non-hydrogen) atoms. The number of nitrogens with one attached hydrogen (secondary N) is 1. The Bertz CT molecular complexity index is 577. The zero-order valence-electron chi connectivity index (χ0n) is 11.6. The quantitative estimate of drug-likeness (QED) is 0.904. The van der Waals surface area contributed by atoms with Crippen LogP contribution < -0.4 is 4.72 Å². The molecule has 1 atom stereocenters. The highest BCUT2D eigenvalue weighted by Crippen LogP contribution is 2.24. The summed E-state index contributed by atoms with van der Waals surface area (Å²) in [5, 5.41) is 0. The van der Waals surface area contributed by atoms with Crippen molar-refractivity contribution in [3.05, 3.63) is 29.3 Å². The minimum Gasteiger partial charge on any atom is -0.378 e. The van der Waals surface area contributed by atoms with Crippen LogP contribution in [-0.2, 0) is 27.6 Å². The molecule has 5 heteroatoms. The highest BCUT2D eigenvalue weighted by atomic mass is 32.2. The summed E-state index contributed by atoms with van der Waals surface area (Å²) in [5.74, 6) is 0. The summed E-state index contributed by atoms with van der Waals surface area (Å²) in [5.41, 5.74) is 2.48. The van der Waals surface area contributed by atoms with Crippen molar-refractivity contribution in [1.82, 2.24) is 4.72 Å². The van der Waals surface area contributed by atoms with Gasteiger partial charge in [-0.25, -0.2) is 13.1 Å². The number of aryl methyl sites for hydroxylation is 2. The number of rotatable bonds is 5. The van der Waals surface area contributed by atoms with Gasteiger partial charge in [-0.1, -0.05) is 6.07 Å². The molecular formula is C15H21NO3S. The Labute approximate surface area is 120 Å². The molecule has 1 aliphatic carbocycles. The Balaban J connectivity index is 1.62.